The first-order chi connectivity index (χ1) is 8.34. The average molecular weight is 271 g/mol. The van der Waals surface area contributed by atoms with Crippen molar-refractivity contribution < 1.29 is 17.9 Å². The van der Waals surface area contributed by atoms with Crippen LogP contribution in [0.4, 0.5) is 4.39 Å². The van der Waals surface area contributed by atoms with E-state index in [4.69, 9.17) is 11.5 Å². The van der Waals surface area contributed by atoms with Crippen LogP contribution >= 0.6 is 0 Å². The largest absolute Gasteiger partial charge is 0.392 e. The number of benzene rings is 1. The lowest BCUT2D eigenvalue weighted by atomic mass is 10.1. The van der Waals surface area contributed by atoms with Crippen molar-refractivity contribution in [3.8, 4) is 12.3 Å². The normalized spacial score (nSPS) is 11.6. The van der Waals surface area contributed by atoms with Gasteiger partial charge in [-0.3, -0.25) is 0 Å². The van der Waals surface area contributed by atoms with Crippen LogP contribution in [0, 0.1) is 25.1 Å². The van der Waals surface area contributed by atoms with Gasteiger partial charge < -0.3 is 5.11 Å². The second-order valence-corrected chi connectivity index (χ2v) is 5.84. The molecule has 1 N–H and O–H groups in total. The topological polar surface area (TPSA) is 57.6 Å². The first-order valence-corrected chi connectivity index (χ1v) is 6.58. The van der Waals surface area contributed by atoms with Crippen molar-refractivity contribution in [2.45, 2.75) is 18.4 Å². The molecule has 1 aromatic carbocycles. The molecule has 0 aromatic heterocycles. The highest BCUT2D eigenvalue weighted by molar-refractivity contribution is 7.89. The van der Waals surface area contributed by atoms with Gasteiger partial charge in [0.1, 0.15) is 5.82 Å². The smallest absolute Gasteiger partial charge is 0.244 e. The van der Waals surface area contributed by atoms with Crippen LogP contribution in [0.5, 0.6) is 0 Å². The van der Waals surface area contributed by atoms with Gasteiger partial charge in [-0.05, 0) is 24.6 Å². The molecule has 0 radical (unpaired) electrons. The highest BCUT2D eigenvalue weighted by atomic mass is 32.2. The molecule has 0 aliphatic rings. The Morgan fingerprint density at radius 2 is 2.11 bits per heavy atom. The van der Waals surface area contributed by atoms with Crippen molar-refractivity contribution in [1.29, 1.82) is 0 Å². The van der Waals surface area contributed by atoms with E-state index in [-0.39, 0.29) is 22.6 Å². The number of hydrogen-bond acceptors (Lipinski definition) is 3. The Bertz CT molecular complexity index is 590. The van der Waals surface area contributed by atoms with Crippen LogP contribution in [-0.4, -0.2) is 31.4 Å². The van der Waals surface area contributed by atoms with E-state index < -0.39 is 22.4 Å². The third-order valence-electron chi connectivity index (χ3n) is 2.54. The van der Waals surface area contributed by atoms with Gasteiger partial charge in [0.25, 0.3) is 0 Å². The van der Waals surface area contributed by atoms with Gasteiger partial charge in [-0.1, -0.05) is 5.92 Å². The summed E-state index contributed by atoms with van der Waals surface area (Å²) >= 11 is 0. The Balaban J connectivity index is 3.41. The molecule has 0 fully saturated rings. The second kappa shape index (κ2) is 5.48. The number of aliphatic hydroxyl groups is 1. The van der Waals surface area contributed by atoms with E-state index in [0.29, 0.717) is 0 Å². The van der Waals surface area contributed by atoms with Crippen LogP contribution in [0.15, 0.2) is 17.0 Å². The van der Waals surface area contributed by atoms with E-state index in [2.05, 4.69) is 5.92 Å². The average Bonchev–Trinajstić information content (AvgIpc) is 2.32. The van der Waals surface area contributed by atoms with Gasteiger partial charge in [0, 0.05) is 12.6 Å². The molecule has 0 bridgehead atoms. The molecule has 0 aliphatic carbocycles. The summed E-state index contributed by atoms with van der Waals surface area (Å²) in [5.41, 5.74) is 0.210. The van der Waals surface area contributed by atoms with E-state index in [9.17, 15) is 12.8 Å². The molecule has 0 amide bonds. The number of sulfonamides is 1. The van der Waals surface area contributed by atoms with E-state index >= 15 is 0 Å². The Hall–Kier alpha value is -1.42. The maximum absolute atomic E-state index is 13.6. The number of aliphatic hydroxyl groups excluding tert-OH is 1. The van der Waals surface area contributed by atoms with Gasteiger partial charge >= 0.3 is 0 Å². The molecule has 0 unspecified atom stereocenters. The minimum absolute atomic E-state index is 0.0103. The van der Waals surface area contributed by atoms with Gasteiger partial charge in [0.15, 0.2) is 0 Å². The van der Waals surface area contributed by atoms with Crippen LogP contribution in [-0.2, 0) is 16.6 Å². The Kier molecular flexibility index (Phi) is 4.46. The van der Waals surface area contributed by atoms with Gasteiger partial charge in [-0.25, -0.2) is 12.8 Å². The second-order valence-electron chi connectivity index (χ2n) is 3.82. The summed E-state index contributed by atoms with van der Waals surface area (Å²) in [5, 5.41) is 8.98. The minimum Gasteiger partial charge on any atom is -0.392 e. The quantitative estimate of drug-likeness (QED) is 0.827. The molecule has 0 aliphatic heterocycles. The molecular formula is C12H14FNO3S. The third-order valence-corrected chi connectivity index (χ3v) is 4.47. The molecular weight excluding hydrogens is 257 g/mol. The summed E-state index contributed by atoms with van der Waals surface area (Å²) in [6.07, 6.45) is 5.06. The van der Waals surface area contributed by atoms with Crippen molar-refractivity contribution in [3.63, 3.8) is 0 Å². The highest BCUT2D eigenvalue weighted by Gasteiger charge is 2.24. The van der Waals surface area contributed by atoms with Crippen molar-refractivity contribution in [1.82, 2.24) is 4.31 Å². The summed E-state index contributed by atoms with van der Waals surface area (Å²) in [5.74, 6) is 1.54. The van der Waals surface area contributed by atoms with Gasteiger partial charge in [-0.15, -0.1) is 6.42 Å². The fourth-order valence-electron chi connectivity index (χ4n) is 1.45. The standard InChI is InChI=1S/C12H14FNO3S/c1-4-5-14(3)18(16,17)12-7-10(8-15)6-11(13)9(12)2/h1,6-7,15H,5,8H2,2-3H3. The summed E-state index contributed by atoms with van der Waals surface area (Å²) < 4.78 is 38.8. The van der Waals surface area contributed by atoms with Crippen LogP contribution in [0.3, 0.4) is 0 Å². The fourth-order valence-corrected chi connectivity index (χ4v) is 2.81. The summed E-state index contributed by atoms with van der Waals surface area (Å²) in [7, 11) is -2.53. The molecule has 1 rings (SSSR count). The molecule has 0 spiro atoms. The molecule has 4 nitrogen and oxygen atoms in total. The van der Waals surface area contributed by atoms with Crippen molar-refractivity contribution >= 4 is 10.0 Å². The fraction of sp³-hybridized carbons (Fsp3) is 0.333. The molecule has 0 saturated heterocycles. The van der Waals surface area contributed by atoms with E-state index in [1.54, 1.807) is 0 Å². The maximum Gasteiger partial charge on any atom is 0.244 e. The molecule has 18 heavy (non-hydrogen) atoms. The van der Waals surface area contributed by atoms with Gasteiger partial charge in [0.05, 0.1) is 18.0 Å². The Morgan fingerprint density at radius 1 is 1.50 bits per heavy atom. The van der Waals surface area contributed by atoms with Crippen molar-refractivity contribution in [2.24, 2.45) is 0 Å². The van der Waals surface area contributed by atoms with Crippen LogP contribution in [0.2, 0.25) is 0 Å². The lowest BCUT2D eigenvalue weighted by molar-refractivity contribution is 0.281. The summed E-state index contributed by atoms with van der Waals surface area (Å²) in [6.45, 7) is 0.832. The Labute approximate surface area is 106 Å². The lowest BCUT2D eigenvalue weighted by Gasteiger charge is -2.17. The zero-order chi connectivity index (χ0) is 13.9. The third kappa shape index (κ3) is 2.70. The van der Waals surface area contributed by atoms with Crippen LogP contribution < -0.4 is 0 Å². The zero-order valence-electron chi connectivity index (χ0n) is 10.1. The number of terminal acetylenes is 1. The maximum atomic E-state index is 13.6. The van der Waals surface area contributed by atoms with E-state index in [0.717, 1.165) is 10.4 Å². The van der Waals surface area contributed by atoms with E-state index in [1.807, 2.05) is 0 Å². The van der Waals surface area contributed by atoms with Crippen molar-refractivity contribution in [2.75, 3.05) is 13.6 Å². The molecule has 0 heterocycles. The minimum atomic E-state index is -3.85. The number of hydrogen-bond donors (Lipinski definition) is 1. The SMILES string of the molecule is C#CCN(C)S(=O)(=O)c1cc(CO)cc(F)c1C. The van der Waals surface area contributed by atoms with Gasteiger partial charge in [-0.2, -0.15) is 4.31 Å². The Morgan fingerprint density at radius 3 is 2.61 bits per heavy atom. The molecule has 98 valence electrons. The van der Waals surface area contributed by atoms with Crippen LogP contribution in [0.1, 0.15) is 11.1 Å². The predicted molar refractivity (Wildman–Crippen MR) is 65.7 cm³/mol. The number of nitrogens with zero attached hydrogens (tertiary/aromatic N) is 1. The van der Waals surface area contributed by atoms with Gasteiger partial charge in [0.2, 0.25) is 10.0 Å². The predicted octanol–water partition coefficient (Wildman–Crippen LogP) is 0.880. The molecule has 6 heteroatoms. The monoisotopic (exact) mass is 271 g/mol. The van der Waals surface area contributed by atoms with Crippen LogP contribution in [0.25, 0.3) is 0 Å². The number of halogens is 1. The lowest BCUT2D eigenvalue weighted by Crippen LogP contribution is -2.28. The zero-order valence-corrected chi connectivity index (χ0v) is 11.0. The first-order valence-electron chi connectivity index (χ1n) is 5.14. The summed E-state index contributed by atoms with van der Waals surface area (Å²) in [4.78, 5) is -0.177. The molecule has 0 saturated carbocycles. The summed E-state index contributed by atoms with van der Waals surface area (Å²) in [6, 6.07) is 2.36. The van der Waals surface area contributed by atoms with Crippen molar-refractivity contribution in [3.05, 3.63) is 29.1 Å². The molecule has 1 aromatic rings. The molecule has 0 atom stereocenters. The highest BCUT2D eigenvalue weighted by Crippen LogP contribution is 2.23. The first kappa shape index (κ1) is 14.6. The number of rotatable bonds is 4. The van der Waals surface area contributed by atoms with E-state index in [1.165, 1.54) is 20.0 Å².